The number of amides is 2. The van der Waals surface area contributed by atoms with E-state index in [2.05, 4.69) is 10.6 Å². The number of carbonyl (C=O) groups excluding carboxylic acids is 2. The van der Waals surface area contributed by atoms with Crippen LogP contribution in [0, 0.1) is 5.92 Å². The van der Waals surface area contributed by atoms with Gasteiger partial charge in [-0.15, -0.1) is 0 Å². The van der Waals surface area contributed by atoms with Crippen LogP contribution in [0.15, 0.2) is 24.3 Å². The number of nitrogens with two attached hydrogens (primary N) is 1. The van der Waals surface area contributed by atoms with E-state index in [0.29, 0.717) is 44.0 Å². The zero-order valence-electron chi connectivity index (χ0n) is 11.2. The van der Waals surface area contributed by atoms with Crippen LogP contribution in [-0.2, 0) is 9.59 Å². The zero-order chi connectivity index (χ0) is 14.4. The molecule has 1 unspecified atom stereocenters. The number of rotatable bonds is 5. The molecule has 1 aromatic carbocycles. The molecule has 0 aliphatic carbocycles. The fraction of sp³-hybridized carbons (Fsp3) is 0.429. The van der Waals surface area contributed by atoms with Gasteiger partial charge in [-0.3, -0.25) is 9.59 Å². The molecule has 6 nitrogen and oxygen atoms in total. The average Bonchev–Trinajstić information content (AvgIpc) is 2.46. The number of anilines is 1. The highest BCUT2D eigenvalue weighted by molar-refractivity contribution is 5.94. The molecule has 1 heterocycles. The van der Waals surface area contributed by atoms with Gasteiger partial charge in [-0.1, -0.05) is 6.07 Å². The van der Waals surface area contributed by atoms with Crippen LogP contribution >= 0.6 is 0 Å². The number of piperidine rings is 1. The van der Waals surface area contributed by atoms with Crippen molar-refractivity contribution >= 4 is 17.5 Å². The maximum atomic E-state index is 12.1. The van der Waals surface area contributed by atoms with Crippen LogP contribution in [0.2, 0.25) is 0 Å². The Hall–Kier alpha value is -2.08. The number of ether oxygens (including phenoxy) is 1. The van der Waals surface area contributed by atoms with Gasteiger partial charge in [0.15, 0.2) is 0 Å². The minimum atomic E-state index is -0.179. The van der Waals surface area contributed by atoms with Gasteiger partial charge in [0.05, 0.1) is 5.92 Å². The van der Waals surface area contributed by atoms with E-state index in [1.807, 2.05) is 12.1 Å². The molecule has 2 rings (SSSR count). The standard InChI is InChI=1S/C14H19N3O3/c15-6-7-20-12-3-1-2-11(8-12)17-14(19)10-4-5-13(18)16-9-10/h1-3,8,10H,4-7,9,15H2,(H,16,18)(H,17,19). The van der Waals surface area contributed by atoms with Gasteiger partial charge < -0.3 is 21.1 Å². The molecular weight excluding hydrogens is 258 g/mol. The molecule has 6 heteroatoms. The second-order valence-electron chi connectivity index (χ2n) is 4.69. The van der Waals surface area contributed by atoms with Crippen LogP contribution < -0.4 is 21.1 Å². The molecule has 4 N–H and O–H groups in total. The molecule has 20 heavy (non-hydrogen) atoms. The summed E-state index contributed by atoms with van der Waals surface area (Å²) in [7, 11) is 0. The summed E-state index contributed by atoms with van der Waals surface area (Å²) in [5.41, 5.74) is 6.06. The number of hydrogen-bond donors (Lipinski definition) is 3. The average molecular weight is 277 g/mol. The van der Waals surface area contributed by atoms with E-state index in [4.69, 9.17) is 10.5 Å². The summed E-state index contributed by atoms with van der Waals surface area (Å²) in [6, 6.07) is 7.18. The molecule has 2 amide bonds. The van der Waals surface area contributed by atoms with Crippen molar-refractivity contribution < 1.29 is 14.3 Å². The number of benzene rings is 1. The lowest BCUT2D eigenvalue weighted by Crippen LogP contribution is -2.40. The molecule has 0 spiro atoms. The van der Waals surface area contributed by atoms with Crippen molar-refractivity contribution in [3.63, 3.8) is 0 Å². The fourth-order valence-electron chi connectivity index (χ4n) is 2.04. The first-order valence-electron chi connectivity index (χ1n) is 6.69. The van der Waals surface area contributed by atoms with E-state index in [9.17, 15) is 9.59 Å². The Labute approximate surface area is 117 Å². The number of nitrogens with one attached hydrogen (secondary N) is 2. The minimum absolute atomic E-state index is 0.00577. The van der Waals surface area contributed by atoms with Crippen LogP contribution in [0.4, 0.5) is 5.69 Å². The molecular formula is C14H19N3O3. The molecule has 108 valence electrons. The Morgan fingerprint density at radius 2 is 2.35 bits per heavy atom. The van der Waals surface area contributed by atoms with Crippen molar-refractivity contribution in [2.24, 2.45) is 11.7 Å². The molecule has 1 fully saturated rings. The summed E-state index contributed by atoms with van der Waals surface area (Å²) in [6.07, 6.45) is 0.985. The Morgan fingerprint density at radius 1 is 1.50 bits per heavy atom. The Morgan fingerprint density at radius 3 is 3.05 bits per heavy atom. The quantitative estimate of drug-likeness (QED) is 0.730. The molecule has 1 saturated heterocycles. The van der Waals surface area contributed by atoms with Gasteiger partial charge in [0, 0.05) is 31.3 Å². The lowest BCUT2D eigenvalue weighted by atomic mass is 9.98. The molecule has 1 aliphatic heterocycles. The van der Waals surface area contributed by atoms with E-state index < -0.39 is 0 Å². The van der Waals surface area contributed by atoms with Crippen LogP contribution in [0.5, 0.6) is 5.75 Å². The maximum Gasteiger partial charge on any atom is 0.229 e. The van der Waals surface area contributed by atoms with Gasteiger partial charge in [-0.2, -0.15) is 0 Å². The smallest absolute Gasteiger partial charge is 0.229 e. The van der Waals surface area contributed by atoms with Crippen LogP contribution in [0.25, 0.3) is 0 Å². The predicted molar refractivity (Wildman–Crippen MR) is 75.4 cm³/mol. The first kappa shape index (κ1) is 14.3. The van der Waals surface area contributed by atoms with Gasteiger partial charge in [0.25, 0.3) is 0 Å². The SMILES string of the molecule is NCCOc1cccc(NC(=O)C2CCC(=O)NC2)c1. The summed E-state index contributed by atoms with van der Waals surface area (Å²) in [5, 5.41) is 5.54. The van der Waals surface area contributed by atoms with Gasteiger partial charge in [-0.05, 0) is 18.6 Å². The third-order valence-electron chi connectivity index (χ3n) is 3.12. The third kappa shape index (κ3) is 3.96. The summed E-state index contributed by atoms with van der Waals surface area (Å²) >= 11 is 0. The molecule has 0 bridgehead atoms. The number of carbonyl (C=O) groups is 2. The highest BCUT2D eigenvalue weighted by Crippen LogP contribution is 2.19. The van der Waals surface area contributed by atoms with E-state index >= 15 is 0 Å². The summed E-state index contributed by atoms with van der Waals surface area (Å²) in [6.45, 7) is 1.28. The zero-order valence-corrected chi connectivity index (χ0v) is 11.2. The van der Waals surface area contributed by atoms with Crippen LogP contribution in [0.1, 0.15) is 12.8 Å². The minimum Gasteiger partial charge on any atom is -0.492 e. The van der Waals surface area contributed by atoms with E-state index in [0.717, 1.165) is 0 Å². The fourth-order valence-corrected chi connectivity index (χ4v) is 2.04. The van der Waals surface area contributed by atoms with E-state index in [-0.39, 0.29) is 17.7 Å². The lowest BCUT2D eigenvalue weighted by Gasteiger charge is -2.21. The van der Waals surface area contributed by atoms with Crippen molar-refractivity contribution in [1.29, 1.82) is 0 Å². The Bertz CT molecular complexity index is 480. The lowest BCUT2D eigenvalue weighted by molar-refractivity contribution is -0.126. The van der Waals surface area contributed by atoms with Crippen molar-refractivity contribution in [1.82, 2.24) is 5.32 Å². The van der Waals surface area contributed by atoms with Crippen molar-refractivity contribution in [2.75, 3.05) is 25.0 Å². The summed E-state index contributed by atoms with van der Waals surface area (Å²) in [4.78, 5) is 23.1. The van der Waals surface area contributed by atoms with Gasteiger partial charge in [0.1, 0.15) is 12.4 Å². The first-order valence-corrected chi connectivity index (χ1v) is 6.69. The third-order valence-corrected chi connectivity index (χ3v) is 3.12. The van der Waals surface area contributed by atoms with E-state index in [1.54, 1.807) is 12.1 Å². The van der Waals surface area contributed by atoms with Crippen molar-refractivity contribution in [3.8, 4) is 5.75 Å². The molecule has 0 saturated carbocycles. The van der Waals surface area contributed by atoms with Crippen LogP contribution in [-0.4, -0.2) is 31.5 Å². The topological polar surface area (TPSA) is 93.4 Å². The van der Waals surface area contributed by atoms with E-state index in [1.165, 1.54) is 0 Å². The largest absolute Gasteiger partial charge is 0.492 e. The maximum absolute atomic E-state index is 12.1. The van der Waals surface area contributed by atoms with Crippen molar-refractivity contribution in [3.05, 3.63) is 24.3 Å². The molecule has 1 aromatic rings. The van der Waals surface area contributed by atoms with Gasteiger partial charge in [0.2, 0.25) is 11.8 Å². The first-order chi connectivity index (χ1) is 9.69. The normalized spacial score (nSPS) is 18.2. The molecule has 0 aromatic heterocycles. The Balaban J connectivity index is 1.92. The van der Waals surface area contributed by atoms with Gasteiger partial charge in [-0.25, -0.2) is 0 Å². The summed E-state index contributed by atoms with van der Waals surface area (Å²) < 4.78 is 5.40. The highest BCUT2D eigenvalue weighted by atomic mass is 16.5. The molecule has 0 radical (unpaired) electrons. The summed E-state index contributed by atoms with van der Waals surface area (Å²) in [5.74, 6) is 0.415. The Kier molecular flexibility index (Phi) is 4.95. The highest BCUT2D eigenvalue weighted by Gasteiger charge is 2.24. The predicted octanol–water partition coefficient (Wildman–Crippen LogP) is 0.489. The van der Waals surface area contributed by atoms with Crippen molar-refractivity contribution in [2.45, 2.75) is 12.8 Å². The monoisotopic (exact) mass is 277 g/mol. The number of hydrogen-bond acceptors (Lipinski definition) is 4. The molecule has 1 aliphatic rings. The second kappa shape index (κ2) is 6.91. The second-order valence-corrected chi connectivity index (χ2v) is 4.69. The molecule has 1 atom stereocenters. The van der Waals surface area contributed by atoms with Gasteiger partial charge >= 0.3 is 0 Å². The van der Waals surface area contributed by atoms with Crippen LogP contribution in [0.3, 0.4) is 0 Å².